The summed E-state index contributed by atoms with van der Waals surface area (Å²) in [7, 11) is 0. The molecule has 0 saturated heterocycles. The highest BCUT2D eigenvalue weighted by atomic mass is 16.6. The van der Waals surface area contributed by atoms with Gasteiger partial charge in [-0.1, -0.05) is 12.0 Å². The molecule has 1 atom stereocenters. The van der Waals surface area contributed by atoms with Crippen molar-refractivity contribution in [1.82, 2.24) is 5.32 Å². The molecule has 0 aliphatic heterocycles. The largest absolute Gasteiger partial charge is 0.379 e. The van der Waals surface area contributed by atoms with E-state index in [9.17, 15) is 14.9 Å². The molecule has 0 heterocycles. The first-order valence-electron chi connectivity index (χ1n) is 5.13. The van der Waals surface area contributed by atoms with Gasteiger partial charge in [0, 0.05) is 17.2 Å². The molecule has 0 aliphatic rings. The lowest BCUT2D eigenvalue weighted by Gasteiger charge is -2.08. The van der Waals surface area contributed by atoms with Gasteiger partial charge in [-0.15, -0.1) is 6.42 Å². The number of hydrogen-bond acceptors (Lipinski definition) is 4. The predicted octanol–water partition coefficient (Wildman–Crippen LogP) is 0.627. The molecular formula is C12H12N2O4. The number of nitrogens with one attached hydrogen (secondary N) is 1. The summed E-state index contributed by atoms with van der Waals surface area (Å²) in [5.41, 5.74) is 0.337. The van der Waals surface area contributed by atoms with Crippen molar-refractivity contribution in [1.29, 1.82) is 0 Å². The van der Waals surface area contributed by atoms with Crippen LogP contribution in [0.25, 0.3) is 0 Å². The Labute approximate surface area is 104 Å². The van der Waals surface area contributed by atoms with Gasteiger partial charge >= 0.3 is 0 Å². The van der Waals surface area contributed by atoms with Crippen LogP contribution in [0, 0.1) is 29.4 Å². The highest BCUT2D eigenvalue weighted by Gasteiger charge is 2.17. The quantitative estimate of drug-likeness (QED) is 0.464. The molecule has 0 aliphatic carbocycles. The minimum atomic E-state index is -1.08. The van der Waals surface area contributed by atoms with Crippen molar-refractivity contribution in [2.24, 2.45) is 0 Å². The van der Waals surface area contributed by atoms with Gasteiger partial charge in [0.1, 0.15) is 6.10 Å². The van der Waals surface area contributed by atoms with E-state index >= 15 is 0 Å². The first kappa shape index (κ1) is 13.7. The fourth-order valence-electron chi connectivity index (χ4n) is 1.41. The summed E-state index contributed by atoms with van der Waals surface area (Å²) < 4.78 is 0. The monoisotopic (exact) mass is 248 g/mol. The van der Waals surface area contributed by atoms with Gasteiger partial charge in [0.25, 0.3) is 11.6 Å². The van der Waals surface area contributed by atoms with Gasteiger partial charge in [0.05, 0.1) is 11.5 Å². The second kappa shape index (κ2) is 5.80. The molecule has 18 heavy (non-hydrogen) atoms. The van der Waals surface area contributed by atoms with Crippen molar-refractivity contribution >= 4 is 11.6 Å². The molecule has 94 valence electrons. The molecular weight excluding hydrogens is 236 g/mol. The molecule has 0 bridgehead atoms. The SMILES string of the molecule is C#CC(O)CNC(=O)c1cccc([N+](=O)[O-])c1C. The maximum Gasteiger partial charge on any atom is 0.273 e. The Morgan fingerprint density at radius 2 is 2.33 bits per heavy atom. The molecule has 6 heteroatoms. The van der Waals surface area contributed by atoms with E-state index in [1.165, 1.54) is 25.1 Å². The summed E-state index contributed by atoms with van der Waals surface area (Å²) in [6.07, 6.45) is 3.87. The highest BCUT2D eigenvalue weighted by molar-refractivity contribution is 5.96. The van der Waals surface area contributed by atoms with Crippen molar-refractivity contribution < 1.29 is 14.8 Å². The smallest absolute Gasteiger partial charge is 0.273 e. The van der Waals surface area contributed by atoms with Crippen LogP contribution in [0.3, 0.4) is 0 Å². The lowest BCUT2D eigenvalue weighted by atomic mass is 10.1. The van der Waals surface area contributed by atoms with E-state index in [1.807, 2.05) is 5.92 Å². The van der Waals surface area contributed by atoms with Crippen LogP contribution >= 0.6 is 0 Å². The van der Waals surface area contributed by atoms with Crippen LogP contribution in [-0.2, 0) is 0 Å². The number of rotatable bonds is 4. The molecule has 0 fully saturated rings. The maximum absolute atomic E-state index is 11.7. The Hall–Kier alpha value is -2.39. The van der Waals surface area contributed by atoms with Gasteiger partial charge in [-0.05, 0) is 13.0 Å². The lowest BCUT2D eigenvalue weighted by molar-refractivity contribution is -0.385. The molecule has 0 aromatic heterocycles. The zero-order valence-corrected chi connectivity index (χ0v) is 9.71. The first-order chi connectivity index (χ1) is 8.47. The van der Waals surface area contributed by atoms with Crippen LogP contribution in [0.5, 0.6) is 0 Å². The van der Waals surface area contributed by atoms with Gasteiger partial charge in [-0.2, -0.15) is 0 Å². The standard InChI is InChI=1S/C12H12N2O4/c1-3-9(15)7-13-12(16)10-5-4-6-11(8(10)2)14(17)18/h1,4-6,9,15H,7H2,2H3,(H,13,16). The minimum Gasteiger partial charge on any atom is -0.379 e. The van der Waals surface area contributed by atoms with Gasteiger partial charge in [0.15, 0.2) is 0 Å². The molecule has 0 radical (unpaired) electrons. The van der Waals surface area contributed by atoms with Crippen molar-refractivity contribution in [3.8, 4) is 12.3 Å². The number of aliphatic hydroxyl groups is 1. The van der Waals surface area contributed by atoms with E-state index in [2.05, 4.69) is 5.32 Å². The van der Waals surface area contributed by atoms with E-state index in [1.54, 1.807) is 0 Å². The van der Waals surface area contributed by atoms with Crippen molar-refractivity contribution in [2.75, 3.05) is 6.54 Å². The number of benzene rings is 1. The van der Waals surface area contributed by atoms with Crippen molar-refractivity contribution in [3.05, 3.63) is 39.4 Å². The van der Waals surface area contributed by atoms with Gasteiger partial charge in [0.2, 0.25) is 0 Å². The summed E-state index contributed by atoms with van der Waals surface area (Å²) in [5.74, 6) is 1.54. The summed E-state index contributed by atoms with van der Waals surface area (Å²) >= 11 is 0. The first-order valence-corrected chi connectivity index (χ1v) is 5.13. The summed E-state index contributed by atoms with van der Waals surface area (Å²) in [6, 6.07) is 4.22. The zero-order chi connectivity index (χ0) is 13.7. The Kier molecular flexibility index (Phi) is 4.40. The second-order valence-electron chi connectivity index (χ2n) is 3.60. The summed E-state index contributed by atoms with van der Waals surface area (Å²) in [6.45, 7) is 1.39. The average Bonchev–Trinajstić information content (AvgIpc) is 2.35. The number of hydrogen-bond donors (Lipinski definition) is 2. The van der Waals surface area contributed by atoms with E-state index in [0.717, 1.165) is 0 Å². The van der Waals surface area contributed by atoms with Crippen LogP contribution in [0.2, 0.25) is 0 Å². The fraction of sp³-hybridized carbons (Fsp3) is 0.250. The molecule has 1 amide bonds. The van der Waals surface area contributed by atoms with Crippen LogP contribution in [0.15, 0.2) is 18.2 Å². The Morgan fingerprint density at radius 1 is 1.67 bits per heavy atom. The van der Waals surface area contributed by atoms with Gasteiger partial charge < -0.3 is 10.4 Å². The van der Waals surface area contributed by atoms with E-state index in [0.29, 0.717) is 0 Å². The van der Waals surface area contributed by atoms with Gasteiger partial charge in [-0.25, -0.2) is 0 Å². The zero-order valence-electron chi connectivity index (χ0n) is 9.71. The topological polar surface area (TPSA) is 92.5 Å². The number of aliphatic hydroxyl groups excluding tert-OH is 1. The number of amides is 1. The van der Waals surface area contributed by atoms with Crippen LogP contribution in [-0.4, -0.2) is 28.6 Å². The molecule has 1 aromatic rings. The Morgan fingerprint density at radius 3 is 2.89 bits per heavy atom. The third-order valence-electron chi connectivity index (χ3n) is 2.39. The van der Waals surface area contributed by atoms with Gasteiger partial charge in [-0.3, -0.25) is 14.9 Å². The highest BCUT2D eigenvalue weighted by Crippen LogP contribution is 2.20. The predicted molar refractivity (Wildman–Crippen MR) is 65.0 cm³/mol. The van der Waals surface area contributed by atoms with Crippen LogP contribution in [0.1, 0.15) is 15.9 Å². The van der Waals surface area contributed by atoms with Crippen LogP contribution in [0.4, 0.5) is 5.69 Å². The number of nitro benzene ring substituents is 1. The number of carbonyl (C=O) groups is 1. The molecule has 1 aromatic carbocycles. The molecule has 1 unspecified atom stereocenters. The minimum absolute atomic E-state index is 0.0997. The van der Waals surface area contributed by atoms with E-state index in [4.69, 9.17) is 11.5 Å². The molecule has 0 spiro atoms. The van der Waals surface area contributed by atoms with Crippen LogP contribution < -0.4 is 5.32 Å². The normalized spacial score (nSPS) is 11.4. The summed E-state index contributed by atoms with van der Waals surface area (Å²) in [4.78, 5) is 21.9. The number of terminal acetylenes is 1. The number of carbonyl (C=O) groups excluding carboxylic acids is 1. The molecule has 2 N–H and O–H groups in total. The number of nitro groups is 1. The van der Waals surface area contributed by atoms with E-state index in [-0.39, 0.29) is 23.4 Å². The molecule has 6 nitrogen and oxygen atoms in total. The summed E-state index contributed by atoms with van der Waals surface area (Å²) in [5, 5.41) is 22.2. The van der Waals surface area contributed by atoms with Crippen molar-refractivity contribution in [2.45, 2.75) is 13.0 Å². The third-order valence-corrected chi connectivity index (χ3v) is 2.39. The maximum atomic E-state index is 11.7. The average molecular weight is 248 g/mol. The Bertz CT molecular complexity index is 519. The molecule has 1 rings (SSSR count). The Balaban J connectivity index is 2.91. The third kappa shape index (κ3) is 3.06. The fourth-order valence-corrected chi connectivity index (χ4v) is 1.41. The second-order valence-corrected chi connectivity index (χ2v) is 3.60. The molecule has 0 saturated carbocycles. The number of nitrogens with zero attached hydrogens (tertiary/aromatic N) is 1. The van der Waals surface area contributed by atoms with Crippen molar-refractivity contribution in [3.63, 3.8) is 0 Å². The lowest BCUT2D eigenvalue weighted by Crippen LogP contribution is -2.31. The van der Waals surface area contributed by atoms with E-state index < -0.39 is 16.9 Å².